The smallest absolute Gasteiger partial charge is 0.263 e. The Bertz CT molecular complexity index is 830. The summed E-state index contributed by atoms with van der Waals surface area (Å²) in [6.45, 7) is 6.41. The molecule has 1 N–H and O–H groups in total. The van der Waals surface area contributed by atoms with Crippen LogP contribution in [0.5, 0.6) is 0 Å². The number of hydrogen-bond acceptors (Lipinski definition) is 4. The van der Waals surface area contributed by atoms with Crippen molar-refractivity contribution < 1.29 is 13.6 Å². The van der Waals surface area contributed by atoms with Crippen LogP contribution in [0.2, 0.25) is 0 Å². The molecular weight excluding hydrogens is 302 g/mol. The second-order valence-corrected chi connectivity index (χ2v) is 5.97. The van der Waals surface area contributed by atoms with Crippen molar-refractivity contribution in [2.75, 3.05) is 0 Å². The van der Waals surface area contributed by atoms with Gasteiger partial charge in [-0.05, 0) is 44.5 Å². The Morgan fingerprint density at radius 2 is 1.79 bits per heavy atom. The third-order valence-corrected chi connectivity index (χ3v) is 3.98. The molecule has 0 fully saturated rings. The molecule has 3 rings (SSSR count). The summed E-state index contributed by atoms with van der Waals surface area (Å²) >= 11 is 0. The monoisotopic (exact) mass is 323 g/mol. The Labute approximate surface area is 141 Å². The Hall–Kier alpha value is -2.59. The topological polar surface area (TPSA) is 55.4 Å². The summed E-state index contributed by atoms with van der Waals surface area (Å²) in [6.07, 6.45) is 0. The highest BCUT2D eigenvalue weighted by molar-refractivity contribution is 6.06. The predicted molar refractivity (Wildman–Crippen MR) is 92.0 cm³/mol. The molecule has 4 heteroatoms. The van der Waals surface area contributed by atoms with Crippen molar-refractivity contribution in [3.05, 3.63) is 82.7 Å². The molecule has 0 radical (unpaired) electrons. The lowest BCUT2D eigenvalue weighted by atomic mass is 10.0. The van der Waals surface area contributed by atoms with Crippen LogP contribution in [-0.2, 0) is 6.54 Å². The van der Waals surface area contributed by atoms with E-state index in [-0.39, 0.29) is 11.8 Å². The summed E-state index contributed by atoms with van der Waals surface area (Å²) in [4.78, 5) is 12.7. The number of nitrogens with one attached hydrogen (secondary N) is 1. The van der Waals surface area contributed by atoms with E-state index in [0.717, 1.165) is 12.1 Å². The third kappa shape index (κ3) is 3.49. The van der Waals surface area contributed by atoms with Gasteiger partial charge in [0.1, 0.15) is 11.5 Å². The summed E-state index contributed by atoms with van der Waals surface area (Å²) in [5.74, 6) is 1.84. The molecule has 1 unspecified atom stereocenters. The molecular formula is C20H21NO3. The molecule has 4 nitrogen and oxygen atoms in total. The lowest BCUT2D eigenvalue weighted by Crippen LogP contribution is -2.19. The highest BCUT2D eigenvalue weighted by Gasteiger charge is 2.24. The number of carbonyl (C=O) groups excluding carboxylic acids is 1. The third-order valence-electron chi connectivity index (χ3n) is 3.98. The summed E-state index contributed by atoms with van der Waals surface area (Å²) in [7, 11) is 0. The minimum absolute atomic E-state index is 0.0161. The maximum atomic E-state index is 12.7. The summed E-state index contributed by atoms with van der Waals surface area (Å²) in [5.41, 5.74) is 2.04. The summed E-state index contributed by atoms with van der Waals surface area (Å²) in [6, 6.07) is 15.5. The predicted octanol–water partition coefficient (Wildman–Crippen LogP) is 4.57. The maximum Gasteiger partial charge on any atom is 0.263 e. The largest absolute Gasteiger partial charge is 0.458 e. The second-order valence-electron chi connectivity index (χ2n) is 5.97. The van der Waals surface area contributed by atoms with Gasteiger partial charge in [0.25, 0.3) is 5.78 Å². The average Bonchev–Trinajstić information content (AvgIpc) is 3.19. The molecule has 2 aromatic heterocycles. The zero-order chi connectivity index (χ0) is 17.1. The Kier molecular flexibility index (Phi) is 4.67. The van der Waals surface area contributed by atoms with Crippen molar-refractivity contribution in [2.24, 2.45) is 0 Å². The van der Waals surface area contributed by atoms with Gasteiger partial charge in [-0.1, -0.05) is 30.3 Å². The number of aryl methyl sites for hydroxylation is 2. The zero-order valence-corrected chi connectivity index (χ0v) is 14.1. The molecule has 2 heterocycles. The van der Waals surface area contributed by atoms with E-state index in [1.807, 2.05) is 45.0 Å². The molecule has 124 valence electrons. The summed E-state index contributed by atoms with van der Waals surface area (Å²) in [5, 5.41) is 3.44. The van der Waals surface area contributed by atoms with Crippen LogP contribution in [0.15, 0.2) is 57.4 Å². The number of carbonyl (C=O) groups is 1. The number of ketones is 1. The van der Waals surface area contributed by atoms with Crippen molar-refractivity contribution in [2.45, 2.75) is 33.4 Å². The van der Waals surface area contributed by atoms with Crippen molar-refractivity contribution in [1.82, 2.24) is 5.32 Å². The molecule has 24 heavy (non-hydrogen) atoms. The first-order valence-electron chi connectivity index (χ1n) is 8.03. The zero-order valence-electron chi connectivity index (χ0n) is 14.1. The van der Waals surface area contributed by atoms with Gasteiger partial charge < -0.3 is 14.2 Å². The molecule has 0 amide bonds. The molecule has 0 bridgehead atoms. The fourth-order valence-corrected chi connectivity index (χ4v) is 2.68. The van der Waals surface area contributed by atoms with Gasteiger partial charge in [-0.15, -0.1) is 0 Å². The molecule has 0 spiro atoms. The van der Waals surface area contributed by atoms with Gasteiger partial charge in [0.15, 0.2) is 11.5 Å². The normalized spacial score (nSPS) is 12.3. The van der Waals surface area contributed by atoms with E-state index >= 15 is 0 Å². The molecule has 0 saturated carbocycles. The fraction of sp³-hybridized carbons (Fsp3) is 0.250. The van der Waals surface area contributed by atoms with E-state index in [2.05, 4.69) is 17.4 Å². The number of furan rings is 2. The second kappa shape index (κ2) is 6.89. The van der Waals surface area contributed by atoms with Crippen molar-refractivity contribution in [3.8, 4) is 0 Å². The molecule has 3 aromatic rings. The van der Waals surface area contributed by atoms with Gasteiger partial charge in [-0.2, -0.15) is 0 Å². The highest BCUT2D eigenvalue weighted by Crippen LogP contribution is 2.25. The molecule has 1 aromatic carbocycles. The Morgan fingerprint density at radius 3 is 2.46 bits per heavy atom. The standard InChI is InChI=1S/C20H21NO3/c1-13-9-10-18(23-13)19(22)20-17(11-14(2)24-20)15(3)21-12-16-7-5-4-6-8-16/h4-11,15,21H,12H2,1-3H3. The van der Waals surface area contributed by atoms with Gasteiger partial charge in [-0.25, -0.2) is 0 Å². The fourth-order valence-electron chi connectivity index (χ4n) is 2.68. The molecule has 0 aliphatic rings. The molecule has 0 saturated heterocycles. The van der Waals surface area contributed by atoms with Gasteiger partial charge in [0.2, 0.25) is 0 Å². The molecule has 1 atom stereocenters. The number of rotatable bonds is 6. The van der Waals surface area contributed by atoms with E-state index in [0.29, 0.717) is 23.0 Å². The Balaban J connectivity index is 1.79. The first kappa shape index (κ1) is 16.3. The van der Waals surface area contributed by atoms with Crippen LogP contribution < -0.4 is 5.32 Å². The van der Waals surface area contributed by atoms with Gasteiger partial charge in [-0.3, -0.25) is 4.79 Å². The summed E-state index contributed by atoms with van der Waals surface area (Å²) < 4.78 is 11.1. The minimum atomic E-state index is -0.223. The van der Waals surface area contributed by atoms with Gasteiger partial charge in [0, 0.05) is 18.2 Å². The van der Waals surface area contributed by atoms with E-state index in [1.54, 1.807) is 12.1 Å². The van der Waals surface area contributed by atoms with Crippen molar-refractivity contribution in [3.63, 3.8) is 0 Å². The van der Waals surface area contributed by atoms with Gasteiger partial charge >= 0.3 is 0 Å². The minimum Gasteiger partial charge on any atom is -0.458 e. The van der Waals surface area contributed by atoms with E-state index in [9.17, 15) is 4.79 Å². The van der Waals surface area contributed by atoms with E-state index in [4.69, 9.17) is 8.83 Å². The van der Waals surface area contributed by atoms with Crippen LogP contribution in [0.4, 0.5) is 0 Å². The van der Waals surface area contributed by atoms with E-state index < -0.39 is 0 Å². The van der Waals surface area contributed by atoms with Crippen molar-refractivity contribution in [1.29, 1.82) is 0 Å². The Morgan fingerprint density at radius 1 is 1.04 bits per heavy atom. The maximum absolute atomic E-state index is 12.7. The van der Waals surface area contributed by atoms with Crippen LogP contribution in [0.25, 0.3) is 0 Å². The van der Waals surface area contributed by atoms with Crippen LogP contribution in [-0.4, -0.2) is 5.78 Å². The highest BCUT2D eigenvalue weighted by atomic mass is 16.4. The quantitative estimate of drug-likeness (QED) is 0.675. The van der Waals surface area contributed by atoms with Crippen LogP contribution in [0.1, 0.15) is 51.9 Å². The van der Waals surface area contributed by atoms with E-state index in [1.165, 1.54) is 5.56 Å². The lowest BCUT2D eigenvalue weighted by molar-refractivity contribution is 0.0978. The molecule has 0 aliphatic heterocycles. The van der Waals surface area contributed by atoms with Crippen LogP contribution >= 0.6 is 0 Å². The lowest BCUT2D eigenvalue weighted by Gasteiger charge is -2.13. The number of benzene rings is 1. The first-order valence-corrected chi connectivity index (χ1v) is 8.03. The van der Waals surface area contributed by atoms with Crippen LogP contribution in [0.3, 0.4) is 0 Å². The first-order chi connectivity index (χ1) is 11.5. The molecule has 0 aliphatic carbocycles. The van der Waals surface area contributed by atoms with Crippen LogP contribution in [0, 0.1) is 13.8 Å². The average molecular weight is 323 g/mol. The van der Waals surface area contributed by atoms with Gasteiger partial charge in [0.05, 0.1) is 0 Å². The van der Waals surface area contributed by atoms with Crippen molar-refractivity contribution >= 4 is 5.78 Å². The number of hydrogen-bond donors (Lipinski definition) is 1. The SMILES string of the molecule is Cc1ccc(C(=O)c2oc(C)cc2C(C)NCc2ccccc2)o1.